The van der Waals surface area contributed by atoms with Gasteiger partial charge in [0.25, 0.3) is 0 Å². The minimum absolute atomic E-state index is 0.335. The third-order valence-corrected chi connectivity index (χ3v) is 3.91. The standard InChI is InChI=1S/C14H20N2O2/c1-9-6-12-13(18-8-17-12)7-10(9)14(15-2)11-4-3-5-16-11/h6-7,11,14-16H,3-5,8H2,1-2H3. The molecular formula is C14H20N2O2. The molecule has 2 heterocycles. The first-order chi connectivity index (χ1) is 8.79. The summed E-state index contributed by atoms with van der Waals surface area (Å²) in [5.41, 5.74) is 2.56. The minimum Gasteiger partial charge on any atom is -0.454 e. The van der Waals surface area contributed by atoms with E-state index in [2.05, 4.69) is 29.7 Å². The molecule has 1 aromatic carbocycles. The van der Waals surface area contributed by atoms with Crippen LogP contribution in [0.1, 0.15) is 30.0 Å². The maximum absolute atomic E-state index is 5.48. The Balaban J connectivity index is 1.94. The van der Waals surface area contributed by atoms with Crippen molar-refractivity contribution < 1.29 is 9.47 Å². The fraction of sp³-hybridized carbons (Fsp3) is 0.571. The maximum atomic E-state index is 5.48. The van der Waals surface area contributed by atoms with Crippen molar-refractivity contribution in [2.75, 3.05) is 20.4 Å². The van der Waals surface area contributed by atoms with Crippen molar-refractivity contribution in [1.82, 2.24) is 10.6 Å². The van der Waals surface area contributed by atoms with Crippen LogP contribution in [0.2, 0.25) is 0 Å². The highest BCUT2D eigenvalue weighted by Gasteiger charge is 2.27. The number of rotatable bonds is 3. The third-order valence-electron chi connectivity index (χ3n) is 3.91. The molecule has 0 aromatic heterocycles. The summed E-state index contributed by atoms with van der Waals surface area (Å²) >= 11 is 0. The van der Waals surface area contributed by atoms with Crippen molar-refractivity contribution in [3.63, 3.8) is 0 Å². The molecule has 2 N–H and O–H groups in total. The van der Waals surface area contributed by atoms with Gasteiger partial charge in [0.1, 0.15) is 0 Å². The highest BCUT2D eigenvalue weighted by molar-refractivity contribution is 5.49. The third kappa shape index (κ3) is 1.95. The van der Waals surface area contributed by atoms with Gasteiger partial charge in [-0.1, -0.05) is 0 Å². The van der Waals surface area contributed by atoms with E-state index >= 15 is 0 Å². The second-order valence-corrected chi connectivity index (χ2v) is 5.03. The van der Waals surface area contributed by atoms with Crippen molar-refractivity contribution >= 4 is 0 Å². The first-order valence-corrected chi connectivity index (χ1v) is 6.60. The average Bonchev–Trinajstić information content (AvgIpc) is 3.01. The molecule has 1 saturated heterocycles. The number of aryl methyl sites for hydroxylation is 1. The molecule has 0 saturated carbocycles. The van der Waals surface area contributed by atoms with E-state index in [0.29, 0.717) is 18.9 Å². The van der Waals surface area contributed by atoms with Crippen molar-refractivity contribution in [3.05, 3.63) is 23.3 Å². The van der Waals surface area contributed by atoms with Gasteiger partial charge in [-0.25, -0.2) is 0 Å². The van der Waals surface area contributed by atoms with E-state index in [4.69, 9.17) is 9.47 Å². The molecule has 0 amide bonds. The van der Waals surface area contributed by atoms with Crippen molar-refractivity contribution in [3.8, 4) is 11.5 Å². The number of likely N-dealkylation sites (N-methyl/N-ethyl adjacent to an activating group) is 1. The highest BCUT2D eigenvalue weighted by atomic mass is 16.7. The predicted octanol–water partition coefficient (Wildman–Crippen LogP) is 1.74. The summed E-state index contributed by atoms with van der Waals surface area (Å²) in [6, 6.07) is 5.05. The minimum atomic E-state index is 0.335. The van der Waals surface area contributed by atoms with E-state index in [1.54, 1.807) is 0 Å². The van der Waals surface area contributed by atoms with E-state index in [1.165, 1.54) is 24.0 Å². The van der Waals surface area contributed by atoms with Crippen molar-refractivity contribution in [2.24, 2.45) is 0 Å². The van der Waals surface area contributed by atoms with Gasteiger partial charge in [0, 0.05) is 12.1 Å². The summed E-state index contributed by atoms with van der Waals surface area (Å²) in [6.45, 7) is 3.59. The summed E-state index contributed by atoms with van der Waals surface area (Å²) in [4.78, 5) is 0. The molecule has 3 rings (SSSR count). The van der Waals surface area contributed by atoms with Gasteiger partial charge in [-0.15, -0.1) is 0 Å². The first-order valence-electron chi connectivity index (χ1n) is 6.60. The highest BCUT2D eigenvalue weighted by Crippen LogP contribution is 2.37. The molecular weight excluding hydrogens is 228 g/mol. The second-order valence-electron chi connectivity index (χ2n) is 5.03. The molecule has 1 aromatic rings. The normalized spacial score (nSPS) is 23.3. The number of ether oxygens (including phenoxy) is 2. The monoisotopic (exact) mass is 248 g/mol. The zero-order valence-corrected chi connectivity index (χ0v) is 11.0. The molecule has 2 aliphatic heterocycles. The van der Waals surface area contributed by atoms with Crippen LogP contribution in [0.3, 0.4) is 0 Å². The lowest BCUT2D eigenvalue weighted by molar-refractivity contribution is 0.174. The molecule has 2 atom stereocenters. The molecule has 18 heavy (non-hydrogen) atoms. The first kappa shape index (κ1) is 11.8. The molecule has 2 unspecified atom stereocenters. The van der Waals surface area contributed by atoms with E-state index in [0.717, 1.165) is 18.0 Å². The van der Waals surface area contributed by atoms with Gasteiger partial charge < -0.3 is 20.1 Å². The van der Waals surface area contributed by atoms with Gasteiger partial charge in [-0.2, -0.15) is 0 Å². The lowest BCUT2D eigenvalue weighted by Crippen LogP contribution is -2.36. The van der Waals surface area contributed by atoms with Crippen LogP contribution in [0.15, 0.2) is 12.1 Å². The van der Waals surface area contributed by atoms with Crippen LogP contribution < -0.4 is 20.1 Å². The molecule has 4 heteroatoms. The van der Waals surface area contributed by atoms with E-state index in [1.807, 2.05) is 7.05 Å². The van der Waals surface area contributed by atoms with E-state index in [9.17, 15) is 0 Å². The van der Waals surface area contributed by atoms with Crippen LogP contribution >= 0.6 is 0 Å². The SMILES string of the molecule is CNC(c1cc2c(cc1C)OCO2)C1CCCN1. The van der Waals surface area contributed by atoms with E-state index in [-0.39, 0.29) is 0 Å². The van der Waals surface area contributed by atoms with Crippen LogP contribution in [0, 0.1) is 6.92 Å². The van der Waals surface area contributed by atoms with Crippen LogP contribution in [0.5, 0.6) is 11.5 Å². The Hall–Kier alpha value is -1.26. The van der Waals surface area contributed by atoms with Gasteiger partial charge in [0.2, 0.25) is 6.79 Å². The Morgan fingerprint density at radius 3 is 2.78 bits per heavy atom. The Labute approximate surface area is 108 Å². The molecule has 1 fully saturated rings. The topological polar surface area (TPSA) is 42.5 Å². The summed E-state index contributed by atoms with van der Waals surface area (Å²) in [5, 5.41) is 7.00. The summed E-state index contributed by atoms with van der Waals surface area (Å²) < 4.78 is 10.9. The quantitative estimate of drug-likeness (QED) is 0.855. The molecule has 0 spiro atoms. The number of nitrogens with one attached hydrogen (secondary N) is 2. The van der Waals surface area contributed by atoms with Gasteiger partial charge in [-0.3, -0.25) is 0 Å². The van der Waals surface area contributed by atoms with Crippen LogP contribution in [0.25, 0.3) is 0 Å². The molecule has 0 radical (unpaired) electrons. The second kappa shape index (κ2) is 4.78. The summed E-state index contributed by atoms with van der Waals surface area (Å²) in [5.74, 6) is 1.74. The van der Waals surface area contributed by atoms with E-state index < -0.39 is 0 Å². The predicted molar refractivity (Wildman–Crippen MR) is 70.1 cm³/mol. The Morgan fingerprint density at radius 1 is 1.33 bits per heavy atom. The Morgan fingerprint density at radius 2 is 2.11 bits per heavy atom. The van der Waals surface area contributed by atoms with Gasteiger partial charge >= 0.3 is 0 Å². The number of fused-ring (bicyclic) bond motifs is 1. The summed E-state index contributed by atoms with van der Waals surface area (Å²) in [6.07, 6.45) is 2.48. The van der Waals surface area contributed by atoms with Crippen LogP contribution in [0.4, 0.5) is 0 Å². The zero-order valence-electron chi connectivity index (χ0n) is 11.0. The fourth-order valence-corrected chi connectivity index (χ4v) is 2.96. The molecule has 2 aliphatic rings. The van der Waals surface area contributed by atoms with Gasteiger partial charge in [0.05, 0.1) is 0 Å². The number of hydrogen-bond acceptors (Lipinski definition) is 4. The molecule has 0 aliphatic carbocycles. The number of hydrogen-bond donors (Lipinski definition) is 2. The van der Waals surface area contributed by atoms with Crippen LogP contribution in [-0.2, 0) is 0 Å². The summed E-state index contributed by atoms with van der Waals surface area (Å²) in [7, 11) is 2.02. The molecule has 98 valence electrons. The average molecular weight is 248 g/mol. The van der Waals surface area contributed by atoms with Gasteiger partial charge in [-0.05, 0) is 56.6 Å². The molecule has 0 bridgehead atoms. The van der Waals surface area contributed by atoms with Gasteiger partial charge in [0.15, 0.2) is 11.5 Å². The van der Waals surface area contributed by atoms with Crippen LogP contribution in [-0.4, -0.2) is 26.4 Å². The lowest BCUT2D eigenvalue weighted by Gasteiger charge is -2.25. The fourth-order valence-electron chi connectivity index (χ4n) is 2.96. The van der Waals surface area contributed by atoms with Crippen molar-refractivity contribution in [2.45, 2.75) is 31.8 Å². The Bertz CT molecular complexity index is 442. The zero-order chi connectivity index (χ0) is 12.5. The molecule has 4 nitrogen and oxygen atoms in total. The number of benzene rings is 1. The maximum Gasteiger partial charge on any atom is 0.231 e. The Kier molecular flexibility index (Phi) is 3.14. The smallest absolute Gasteiger partial charge is 0.231 e. The largest absolute Gasteiger partial charge is 0.454 e. The lowest BCUT2D eigenvalue weighted by atomic mass is 9.94. The van der Waals surface area contributed by atoms with Crippen molar-refractivity contribution in [1.29, 1.82) is 0 Å².